The number of amides is 2. The van der Waals surface area contributed by atoms with Crippen LogP contribution >= 0.6 is 0 Å². The highest BCUT2D eigenvalue weighted by molar-refractivity contribution is 6.21. The van der Waals surface area contributed by atoms with Crippen LogP contribution in [-0.2, 0) is 0 Å². The van der Waals surface area contributed by atoms with Crippen molar-refractivity contribution in [3.8, 4) is 11.5 Å². The third-order valence-corrected chi connectivity index (χ3v) is 3.86. The van der Waals surface area contributed by atoms with E-state index in [0.29, 0.717) is 35.8 Å². The van der Waals surface area contributed by atoms with Crippen LogP contribution in [0.2, 0.25) is 0 Å². The lowest BCUT2D eigenvalue weighted by atomic mass is 10.1. The van der Waals surface area contributed by atoms with E-state index in [1.807, 2.05) is 6.07 Å². The zero-order valence-corrected chi connectivity index (χ0v) is 12.2. The van der Waals surface area contributed by atoms with Gasteiger partial charge in [0.2, 0.25) is 0 Å². The van der Waals surface area contributed by atoms with Gasteiger partial charge in [-0.05, 0) is 24.3 Å². The van der Waals surface area contributed by atoms with E-state index in [1.165, 1.54) is 4.90 Å². The highest BCUT2D eigenvalue weighted by atomic mass is 16.6. The maximum Gasteiger partial charge on any atom is 0.263 e. The van der Waals surface area contributed by atoms with Crippen LogP contribution in [0.15, 0.2) is 42.5 Å². The molecule has 0 saturated heterocycles. The Morgan fingerprint density at radius 2 is 1.57 bits per heavy atom. The summed E-state index contributed by atoms with van der Waals surface area (Å²) >= 11 is 0. The summed E-state index contributed by atoms with van der Waals surface area (Å²) in [5.74, 6) is 0.789. The Labute approximate surface area is 132 Å². The summed E-state index contributed by atoms with van der Waals surface area (Å²) in [7, 11) is 0. The third kappa shape index (κ3) is 2.28. The van der Waals surface area contributed by atoms with E-state index in [1.54, 1.807) is 36.4 Å². The second-order valence-corrected chi connectivity index (χ2v) is 5.28. The van der Waals surface area contributed by atoms with Crippen LogP contribution in [-0.4, -0.2) is 36.6 Å². The SMILES string of the molecule is O=C1c2ccccc2C(=O)N1CNc1ccc2c(c1)OCCO2. The molecular weight excluding hydrogens is 296 g/mol. The zero-order valence-electron chi connectivity index (χ0n) is 12.2. The number of nitrogens with one attached hydrogen (secondary N) is 1. The van der Waals surface area contributed by atoms with Gasteiger partial charge in [-0.3, -0.25) is 14.5 Å². The average molecular weight is 310 g/mol. The van der Waals surface area contributed by atoms with Crippen LogP contribution in [0.4, 0.5) is 5.69 Å². The highest BCUT2D eigenvalue weighted by Gasteiger charge is 2.34. The molecule has 2 aliphatic rings. The number of ether oxygens (including phenoxy) is 2. The van der Waals surface area contributed by atoms with Crippen LogP contribution in [0.5, 0.6) is 11.5 Å². The smallest absolute Gasteiger partial charge is 0.263 e. The van der Waals surface area contributed by atoms with Crippen molar-refractivity contribution >= 4 is 17.5 Å². The summed E-state index contributed by atoms with van der Waals surface area (Å²) < 4.78 is 11.0. The van der Waals surface area contributed by atoms with Gasteiger partial charge in [0.1, 0.15) is 13.2 Å². The van der Waals surface area contributed by atoms with Gasteiger partial charge in [-0.25, -0.2) is 0 Å². The van der Waals surface area contributed by atoms with Crippen molar-refractivity contribution in [1.29, 1.82) is 0 Å². The Kier molecular flexibility index (Phi) is 3.15. The van der Waals surface area contributed by atoms with Crippen molar-refractivity contribution in [2.75, 3.05) is 25.2 Å². The van der Waals surface area contributed by atoms with Crippen LogP contribution in [0.25, 0.3) is 0 Å². The van der Waals surface area contributed by atoms with E-state index in [0.717, 1.165) is 5.69 Å². The summed E-state index contributed by atoms with van der Waals surface area (Å²) in [6, 6.07) is 12.3. The quantitative estimate of drug-likeness (QED) is 0.880. The maximum atomic E-state index is 12.3. The third-order valence-electron chi connectivity index (χ3n) is 3.86. The van der Waals surface area contributed by atoms with Crippen molar-refractivity contribution in [3.05, 3.63) is 53.6 Å². The molecule has 2 aliphatic heterocycles. The van der Waals surface area contributed by atoms with E-state index in [2.05, 4.69) is 5.32 Å². The van der Waals surface area contributed by atoms with E-state index >= 15 is 0 Å². The van der Waals surface area contributed by atoms with Crippen molar-refractivity contribution in [2.24, 2.45) is 0 Å². The lowest BCUT2D eigenvalue weighted by molar-refractivity contribution is 0.0666. The van der Waals surface area contributed by atoms with Gasteiger partial charge in [0.15, 0.2) is 11.5 Å². The lowest BCUT2D eigenvalue weighted by Crippen LogP contribution is -2.34. The van der Waals surface area contributed by atoms with Gasteiger partial charge in [-0.1, -0.05) is 12.1 Å². The first-order chi connectivity index (χ1) is 11.2. The number of carbonyl (C=O) groups excluding carboxylic acids is 2. The first-order valence-corrected chi connectivity index (χ1v) is 7.33. The molecule has 2 heterocycles. The molecule has 0 aromatic heterocycles. The van der Waals surface area contributed by atoms with Crippen LogP contribution in [0, 0.1) is 0 Å². The minimum Gasteiger partial charge on any atom is -0.486 e. The fourth-order valence-electron chi connectivity index (χ4n) is 2.71. The number of carbonyl (C=O) groups is 2. The van der Waals surface area contributed by atoms with Gasteiger partial charge < -0.3 is 14.8 Å². The predicted molar refractivity (Wildman–Crippen MR) is 82.9 cm³/mol. The summed E-state index contributed by atoms with van der Waals surface area (Å²) in [4.78, 5) is 25.8. The first-order valence-electron chi connectivity index (χ1n) is 7.33. The standard InChI is InChI=1S/C17H14N2O4/c20-16-12-3-1-2-4-13(12)17(21)19(16)10-18-11-5-6-14-15(9-11)23-8-7-22-14/h1-6,9,18H,7-8,10H2. The van der Waals surface area contributed by atoms with Crippen molar-refractivity contribution in [3.63, 3.8) is 0 Å². The molecule has 0 saturated carbocycles. The van der Waals surface area contributed by atoms with Gasteiger partial charge in [0.05, 0.1) is 17.8 Å². The van der Waals surface area contributed by atoms with Gasteiger partial charge in [-0.2, -0.15) is 0 Å². The second-order valence-electron chi connectivity index (χ2n) is 5.28. The molecule has 6 nitrogen and oxygen atoms in total. The Hall–Kier alpha value is -3.02. The van der Waals surface area contributed by atoms with Crippen LogP contribution in [0.3, 0.4) is 0 Å². The lowest BCUT2D eigenvalue weighted by Gasteiger charge is -2.20. The molecule has 6 heteroatoms. The van der Waals surface area contributed by atoms with Crippen molar-refractivity contribution < 1.29 is 19.1 Å². The topological polar surface area (TPSA) is 67.9 Å². The number of fused-ring (bicyclic) bond motifs is 2. The molecule has 1 N–H and O–H groups in total. The van der Waals surface area contributed by atoms with Gasteiger partial charge >= 0.3 is 0 Å². The number of benzene rings is 2. The summed E-state index contributed by atoms with van der Waals surface area (Å²) in [6.45, 7) is 1.15. The number of nitrogens with zero attached hydrogens (tertiary/aromatic N) is 1. The van der Waals surface area contributed by atoms with Gasteiger partial charge in [0.25, 0.3) is 11.8 Å². The highest BCUT2D eigenvalue weighted by Crippen LogP contribution is 2.32. The fraction of sp³-hybridized carbons (Fsp3) is 0.176. The molecule has 2 amide bonds. The molecule has 0 fully saturated rings. The normalized spacial score (nSPS) is 15.6. The van der Waals surface area contributed by atoms with Crippen molar-refractivity contribution in [1.82, 2.24) is 4.90 Å². The monoisotopic (exact) mass is 310 g/mol. The number of anilines is 1. The van der Waals surface area contributed by atoms with Gasteiger partial charge in [0, 0.05) is 11.8 Å². The molecule has 4 rings (SSSR count). The second kappa shape index (κ2) is 5.31. The van der Waals surface area contributed by atoms with E-state index < -0.39 is 0 Å². The fourth-order valence-corrected chi connectivity index (χ4v) is 2.71. The summed E-state index contributed by atoms with van der Waals surface area (Å²) in [5, 5.41) is 3.08. The summed E-state index contributed by atoms with van der Waals surface area (Å²) in [6.07, 6.45) is 0. The molecule has 0 atom stereocenters. The molecule has 23 heavy (non-hydrogen) atoms. The Bertz CT molecular complexity index is 768. The molecule has 0 spiro atoms. The Morgan fingerprint density at radius 1 is 0.913 bits per heavy atom. The molecule has 2 aromatic rings. The zero-order chi connectivity index (χ0) is 15.8. The average Bonchev–Trinajstić information content (AvgIpc) is 2.84. The number of hydrogen-bond donors (Lipinski definition) is 1. The predicted octanol–water partition coefficient (Wildman–Crippen LogP) is 2.12. The minimum absolute atomic E-state index is 0.103. The molecular formula is C17H14N2O4. The first kappa shape index (κ1) is 13.6. The van der Waals surface area contributed by atoms with E-state index in [4.69, 9.17) is 9.47 Å². The van der Waals surface area contributed by atoms with Gasteiger partial charge in [-0.15, -0.1) is 0 Å². The minimum atomic E-state index is -0.282. The largest absolute Gasteiger partial charge is 0.486 e. The molecule has 0 radical (unpaired) electrons. The van der Waals surface area contributed by atoms with Crippen LogP contribution in [0.1, 0.15) is 20.7 Å². The van der Waals surface area contributed by atoms with E-state index in [-0.39, 0.29) is 18.5 Å². The Morgan fingerprint density at radius 3 is 2.26 bits per heavy atom. The Balaban J connectivity index is 1.50. The number of imide groups is 1. The molecule has 0 unspecified atom stereocenters. The number of rotatable bonds is 3. The molecule has 116 valence electrons. The van der Waals surface area contributed by atoms with Crippen molar-refractivity contribution in [2.45, 2.75) is 0 Å². The maximum absolute atomic E-state index is 12.3. The molecule has 0 bridgehead atoms. The summed E-state index contributed by atoms with van der Waals surface area (Å²) in [5.41, 5.74) is 1.65. The molecule has 0 aliphatic carbocycles. The van der Waals surface area contributed by atoms with Crippen LogP contribution < -0.4 is 14.8 Å². The van der Waals surface area contributed by atoms with E-state index in [9.17, 15) is 9.59 Å². The number of hydrogen-bond acceptors (Lipinski definition) is 5. The molecule has 2 aromatic carbocycles.